The van der Waals surface area contributed by atoms with Gasteiger partial charge in [0.15, 0.2) is 0 Å². The lowest BCUT2D eigenvalue weighted by atomic mass is 10.1. The molecule has 3 nitrogen and oxygen atoms in total. The molecule has 3 heteroatoms. The summed E-state index contributed by atoms with van der Waals surface area (Å²) < 4.78 is 10.5. The molecule has 0 aliphatic carbocycles. The molecule has 2 rings (SSSR count). The molecule has 98 valence electrons. The fraction of sp³-hybridized carbons (Fsp3) is 0.188. The minimum absolute atomic E-state index is 0.232. The van der Waals surface area contributed by atoms with Crippen molar-refractivity contribution >= 4 is 5.97 Å². The summed E-state index contributed by atoms with van der Waals surface area (Å²) in [7, 11) is 1.60. The first kappa shape index (κ1) is 13.1. The monoisotopic (exact) mass is 256 g/mol. The van der Waals surface area contributed by atoms with Gasteiger partial charge in [-0.15, -0.1) is 0 Å². The van der Waals surface area contributed by atoms with Gasteiger partial charge in [0.1, 0.15) is 12.4 Å². The number of hydrogen-bond donors (Lipinski definition) is 0. The van der Waals surface area contributed by atoms with Gasteiger partial charge in [-0.25, -0.2) is 0 Å². The van der Waals surface area contributed by atoms with E-state index in [-0.39, 0.29) is 19.0 Å². The highest BCUT2D eigenvalue weighted by Gasteiger charge is 2.07. The van der Waals surface area contributed by atoms with Crippen LogP contribution < -0.4 is 4.74 Å². The minimum Gasteiger partial charge on any atom is -0.496 e. The minimum atomic E-state index is -0.239. The number of benzene rings is 2. The van der Waals surface area contributed by atoms with E-state index >= 15 is 0 Å². The Kier molecular flexibility index (Phi) is 4.56. The van der Waals surface area contributed by atoms with Crippen molar-refractivity contribution in [2.24, 2.45) is 0 Å². The Hall–Kier alpha value is -2.29. The first-order valence-corrected chi connectivity index (χ1v) is 6.11. The Morgan fingerprint density at radius 3 is 2.42 bits per heavy atom. The number of carbonyl (C=O) groups excluding carboxylic acids is 1. The second-order valence-electron chi connectivity index (χ2n) is 4.13. The van der Waals surface area contributed by atoms with Gasteiger partial charge >= 0.3 is 5.97 Å². The Morgan fingerprint density at radius 2 is 1.68 bits per heavy atom. The van der Waals surface area contributed by atoms with Gasteiger partial charge in [-0.05, 0) is 11.6 Å². The molecule has 2 aromatic rings. The molecule has 0 radical (unpaired) electrons. The number of hydrogen-bond acceptors (Lipinski definition) is 3. The maximum atomic E-state index is 11.7. The Balaban J connectivity index is 1.90. The van der Waals surface area contributed by atoms with E-state index in [0.717, 1.165) is 16.9 Å². The Bertz CT molecular complexity index is 535. The van der Waals surface area contributed by atoms with Crippen molar-refractivity contribution in [2.75, 3.05) is 7.11 Å². The molecule has 0 aliphatic heterocycles. The standard InChI is InChI=1S/C16H16O3/c1-18-15-10-6-5-9-14(15)12-19-16(17)11-13-7-3-2-4-8-13/h2-10H,11-12H2,1H3. The highest BCUT2D eigenvalue weighted by Crippen LogP contribution is 2.18. The van der Waals surface area contributed by atoms with E-state index in [1.54, 1.807) is 7.11 Å². The summed E-state index contributed by atoms with van der Waals surface area (Å²) in [5.41, 5.74) is 1.82. The molecule has 0 spiro atoms. The zero-order chi connectivity index (χ0) is 13.5. The molecule has 2 aromatic carbocycles. The topological polar surface area (TPSA) is 35.5 Å². The van der Waals surface area contributed by atoms with Gasteiger partial charge in [-0.2, -0.15) is 0 Å². The van der Waals surface area contributed by atoms with Crippen molar-refractivity contribution in [1.82, 2.24) is 0 Å². The van der Waals surface area contributed by atoms with Gasteiger partial charge in [0, 0.05) is 5.56 Å². The smallest absolute Gasteiger partial charge is 0.310 e. The molecule has 0 heterocycles. The second kappa shape index (κ2) is 6.59. The Labute approximate surface area is 112 Å². The normalized spacial score (nSPS) is 9.95. The van der Waals surface area contributed by atoms with Crippen LogP contribution >= 0.6 is 0 Å². The van der Waals surface area contributed by atoms with Crippen LogP contribution in [0.4, 0.5) is 0 Å². The molecular weight excluding hydrogens is 240 g/mol. The molecule has 0 saturated heterocycles. The highest BCUT2D eigenvalue weighted by molar-refractivity contribution is 5.72. The first-order valence-electron chi connectivity index (χ1n) is 6.11. The van der Waals surface area contributed by atoms with E-state index in [1.807, 2.05) is 54.6 Å². The van der Waals surface area contributed by atoms with Crippen LogP contribution in [0.3, 0.4) is 0 Å². The van der Waals surface area contributed by atoms with Crippen molar-refractivity contribution < 1.29 is 14.3 Å². The van der Waals surface area contributed by atoms with Gasteiger partial charge in [0.05, 0.1) is 13.5 Å². The lowest BCUT2D eigenvalue weighted by Gasteiger charge is -2.09. The number of rotatable bonds is 5. The largest absolute Gasteiger partial charge is 0.496 e. The summed E-state index contributed by atoms with van der Waals surface area (Å²) >= 11 is 0. The average Bonchev–Trinajstić information content (AvgIpc) is 2.46. The van der Waals surface area contributed by atoms with Crippen LogP contribution in [0.2, 0.25) is 0 Å². The average molecular weight is 256 g/mol. The molecule has 0 aromatic heterocycles. The summed E-state index contributed by atoms with van der Waals surface area (Å²) in [6.07, 6.45) is 0.288. The van der Waals surface area contributed by atoms with Crippen LogP contribution in [-0.4, -0.2) is 13.1 Å². The molecule has 0 aliphatic rings. The number of methoxy groups -OCH3 is 1. The third kappa shape index (κ3) is 3.85. The van der Waals surface area contributed by atoms with Crippen LogP contribution in [0.5, 0.6) is 5.75 Å². The van der Waals surface area contributed by atoms with E-state index in [4.69, 9.17) is 9.47 Å². The fourth-order valence-electron chi connectivity index (χ4n) is 1.79. The van der Waals surface area contributed by atoms with E-state index in [0.29, 0.717) is 0 Å². The van der Waals surface area contributed by atoms with Gasteiger partial charge in [-0.1, -0.05) is 48.5 Å². The lowest BCUT2D eigenvalue weighted by Crippen LogP contribution is -2.08. The molecule has 0 bridgehead atoms. The lowest BCUT2D eigenvalue weighted by molar-refractivity contribution is -0.144. The van der Waals surface area contributed by atoms with E-state index < -0.39 is 0 Å². The number of esters is 1. The van der Waals surface area contributed by atoms with Crippen LogP contribution in [0.25, 0.3) is 0 Å². The van der Waals surface area contributed by atoms with Crippen molar-refractivity contribution in [3.8, 4) is 5.75 Å². The van der Waals surface area contributed by atoms with Gasteiger partial charge in [0.2, 0.25) is 0 Å². The van der Waals surface area contributed by atoms with Gasteiger partial charge in [-0.3, -0.25) is 4.79 Å². The molecule has 0 amide bonds. The third-order valence-electron chi connectivity index (χ3n) is 2.77. The van der Waals surface area contributed by atoms with E-state index in [1.165, 1.54) is 0 Å². The quantitative estimate of drug-likeness (QED) is 0.771. The Morgan fingerprint density at radius 1 is 1.00 bits per heavy atom. The maximum Gasteiger partial charge on any atom is 0.310 e. The van der Waals surface area contributed by atoms with Crippen LogP contribution in [0.1, 0.15) is 11.1 Å². The number of carbonyl (C=O) groups is 1. The predicted molar refractivity (Wildman–Crippen MR) is 72.9 cm³/mol. The van der Waals surface area contributed by atoms with E-state index in [2.05, 4.69) is 0 Å². The molecule has 0 saturated carbocycles. The van der Waals surface area contributed by atoms with Crippen LogP contribution in [0.15, 0.2) is 54.6 Å². The van der Waals surface area contributed by atoms with Crippen molar-refractivity contribution in [2.45, 2.75) is 13.0 Å². The van der Waals surface area contributed by atoms with Crippen molar-refractivity contribution in [3.05, 3.63) is 65.7 Å². The van der Waals surface area contributed by atoms with Crippen LogP contribution in [0, 0.1) is 0 Å². The molecule has 0 unspecified atom stereocenters. The van der Waals surface area contributed by atoms with Crippen LogP contribution in [-0.2, 0) is 22.6 Å². The number of para-hydroxylation sites is 1. The van der Waals surface area contributed by atoms with Gasteiger partial charge < -0.3 is 9.47 Å². The maximum absolute atomic E-state index is 11.7. The summed E-state index contributed by atoms with van der Waals surface area (Å²) in [4.78, 5) is 11.7. The highest BCUT2D eigenvalue weighted by atomic mass is 16.5. The number of ether oxygens (including phenoxy) is 2. The van der Waals surface area contributed by atoms with E-state index in [9.17, 15) is 4.79 Å². The summed E-state index contributed by atoms with van der Waals surface area (Å²) in [5, 5.41) is 0. The molecular formula is C16H16O3. The molecule has 19 heavy (non-hydrogen) atoms. The molecule has 0 N–H and O–H groups in total. The van der Waals surface area contributed by atoms with Crippen molar-refractivity contribution in [3.63, 3.8) is 0 Å². The summed E-state index contributed by atoms with van der Waals surface area (Å²) in [6.45, 7) is 0.232. The summed E-state index contributed by atoms with van der Waals surface area (Å²) in [5.74, 6) is 0.493. The predicted octanol–water partition coefficient (Wildman–Crippen LogP) is 2.98. The first-order chi connectivity index (χ1) is 9.29. The van der Waals surface area contributed by atoms with Gasteiger partial charge in [0.25, 0.3) is 0 Å². The SMILES string of the molecule is COc1ccccc1COC(=O)Cc1ccccc1. The second-order valence-corrected chi connectivity index (χ2v) is 4.13. The molecule has 0 atom stereocenters. The molecule has 0 fully saturated rings. The third-order valence-corrected chi connectivity index (χ3v) is 2.77. The van der Waals surface area contributed by atoms with Crippen molar-refractivity contribution in [1.29, 1.82) is 0 Å². The zero-order valence-corrected chi connectivity index (χ0v) is 10.8. The fourth-order valence-corrected chi connectivity index (χ4v) is 1.79. The summed E-state index contributed by atoms with van der Waals surface area (Å²) in [6, 6.07) is 17.1. The zero-order valence-electron chi connectivity index (χ0n) is 10.8.